The molecular formula is C11H14N2O2S. The number of aldehydes is 1. The van der Waals surface area contributed by atoms with E-state index in [0.717, 1.165) is 24.4 Å². The molecule has 0 spiro atoms. The molecule has 5 heteroatoms. The van der Waals surface area contributed by atoms with Crippen LogP contribution in [-0.4, -0.2) is 41.9 Å². The van der Waals surface area contributed by atoms with Gasteiger partial charge in [0.25, 0.3) is 0 Å². The largest absolute Gasteiger partial charge is 0.368 e. The van der Waals surface area contributed by atoms with Gasteiger partial charge in [-0.25, -0.2) is 4.98 Å². The van der Waals surface area contributed by atoms with Crippen LogP contribution in [0.3, 0.4) is 0 Å². The second kappa shape index (κ2) is 4.24. The van der Waals surface area contributed by atoms with Gasteiger partial charge in [0.2, 0.25) is 0 Å². The number of aromatic nitrogens is 1. The first-order chi connectivity index (χ1) is 7.86. The van der Waals surface area contributed by atoms with E-state index in [1.807, 2.05) is 0 Å². The topological polar surface area (TPSA) is 42.4 Å². The first-order valence-corrected chi connectivity index (χ1v) is 6.51. The van der Waals surface area contributed by atoms with Crippen molar-refractivity contribution >= 4 is 17.6 Å². The standard InChI is InChI=1S/C11H14N2O2S/c14-5-8-7-16-11(12-8)10-4-13-3-1-2-9(13)6-15-10/h5,7,9-10H,1-4,6H2. The minimum atomic E-state index is 0.0630. The van der Waals surface area contributed by atoms with Crippen LogP contribution in [0.25, 0.3) is 0 Å². The van der Waals surface area contributed by atoms with E-state index in [2.05, 4.69) is 9.88 Å². The molecule has 0 N–H and O–H groups in total. The first-order valence-electron chi connectivity index (χ1n) is 5.63. The molecule has 2 aliphatic heterocycles. The molecule has 1 aromatic rings. The maximum atomic E-state index is 10.6. The minimum Gasteiger partial charge on any atom is -0.368 e. The van der Waals surface area contributed by atoms with E-state index < -0.39 is 0 Å². The van der Waals surface area contributed by atoms with Crippen molar-refractivity contribution in [2.75, 3.05) is 19.7 Å². The summed E-state index contributed by atoms with van der Waals surface area (Å²) in [5.74, 6) is 0. The Bertz CT molecular complexity index is 393. The fourth-order valence-electron chi connectivity index (χ4n) is 2.47. The minimum absolute atomic E-state index is 0.0630. The molecule has 0 aliphatic carbocycles. The van der Waals surface area contributed by atoms with Crippen LogP contribution < -0.4 is 0 Å². The molecule has 2 atom stereocenters. The summed E-state index contributed by atoms with van der Waals surface area (Å²) in [7, 11) is 0. The Morgan fingerprint density at radius 3 is 3.38 bits per heavy atom. The van der Waals surface area contributed by atoms with Gasteiger partial charge in [0, 0.05) is 18.0 Å². The normalized spacial score (nSPS) is 30.2. The van der Waals surface area contributed by atoms with Gasteiger partial charge in [-0.05, 0) is 19.4 Å². The smallest absolute Gasteiger partial charge is 0.169 e. The van der Waals surface area contributed by atoms with Crippen LogP contribution in [0.5, 0.6) is 0 Å². The van der Waals surface area contributed by atoms with Gasteiger partial charge in [-0.1, -0.05) is 0 Å². The summed E-state index contributed by atoms with van der Waals surface area (Å²) in [6.07, 6.45) is 3.39. The van der Waals surface area contributed by atoms with Crippen LogP contribution in [0.1, 0.15) is 34.4 Å². The Hall–Kier alpha value is -0.780. The quantitative estimate of drug-likeness (QED) is 0.732. The Balaban J connectivity index is 1.73. The summed E-state index contributed by atoms with van der Waals surface area (Å²) in [5.41, 5.74) is 0.521. The van der Waals surface area contributed by atoms with Crippen molar-refractivity contribution in [1.82, 2.24) is 9.88 Å². The van der Waals surface area contributed by atoms with Gasteiger partial charge < -0.3 is 4.74 Å². The lowest BCUT2D eigenvalue weighted by atomic mass is 10.2. The van der Waals surface area contributed by atoms with Crippen molar-refractivity contribution in [2.24, 2.45) is 0 Å². The zero-order chi connectivity index (χ0) is 11.0. The van der Waals surface area contributed by atoms with E-state index in [1.165, 1.54) is 30.7 Å². The fourth-order valence-corrected chi connectivity index (χ4v) is 3.27. The summed E-state index contributed by atoms with van der Waals surface area (Å²) in [5, 5.41) is 2.73. The van der Waals surface area contributed by atoms with Gasteiger partial charge in [0.1, 0.15) is 16.8 Å². The molecule has 1 aromatic heterocycles. The summed E-state index contributed by atoms with van der Waals surface area (Å²) in [6, 6.07) is 0.613. The molecule has 3 heterocycles. The molecule has 2 unspecified atom stereocenters. The van der Waals surface area contributed by atoms with Gasteiger partial charge in [0.15, 0.2) is 6.29 Å². The van der Waals surface area contributed by atoms with E-state index in [1.54, 1.807) is 5.38 Å². The molecule has 0 aromatic carbocycles. The number of hydrogen-bond acceptors (Lipinski definition) is 5. The predicted molar refractivity (Wildman–Crippen MR) is 60.8 cm³/mol. The van der Waals surface area contributed by atoms with Gasteiger partial charge in [-0.15, -0.1) is 11.3 Å². The number of nitrogens with zero attached hydrogens (tertiary/aromatic N) is 2. The molecule has 86 valence electrons. The third-order valence-corrected chi connectivity index (χ3v) is 4.28. The molecule has 16 heavy (non-hydrogen) atoms. The van der Waals surface area contributed by atoms with E-state index >= 15 is 0 Å². The van der Waals surface area contributed by atoms with E-state index in [9.17, 15) is 4.79 Å². The fraction of sp³-hybridized carbons (Fsp3) is 0.636. The van der Waals surface area contributed by atoms with Crippen molar-refractivity contribution in [3.05, 3.63) is 16.1 Å². The number of hydrogen-bond donors (Lipinski definition) is 0. The van der Waals surface area contributed by atoms with Gasteiger partial charge in [-0.3, -0.25) is 9.69 Å². The van der Waals surface area contributed by atoms with Crippen molar-refractivity contribution in [2.45, 2.75) is 25.0 Å². The lowest BCUT2D eigenvalue weighted by molar-refractivity contribution is -0.0502. The van der Waals surface area contributed by atoms with E-state index in [4.69, 9.17) is 4.74 Å². The number of morpholine rings is 1. The van der Waals surface area contributed by atoms with Crippen LogP contribution in [0.2, 0.25) is 0 Å². The molecule has 0 saturated carbocycles. The molecule has 0 radical (unpaired) electrons. The van der Waals surface area contributed by atoms with E-state index in [0.29, 0.717) is 11.7 Å². The monoisotopic (exact) mass is 238 g/mol. The third-order valence-electron chi connectivity index (χ3n) is 3.33. The Labute approximate surface area is 98.2 Å². The number of carbonyl (C=O) groups excluding carboxylic acids is 1. The Morgan fingerprint density at radius 2 is 2.56 bits per heavy atom. The Morgan fingerprint density at radius 1 is 1.62 bits per heavy atom. The zero-order valence-electron chi connectivity index (χ0n) is 8.96. The lowest BCUT2D eigenvalue weighted by Crippen LogP contribution is -2.42. The number of thiazole rings is 1. The number of fused-ring (bicyclic) bond motifs is 1. The van der Waals surface area contributed by atoms with Gasteiger partial charge in [0.05, 0.1) is 6.61 Å². The molecule has 4 nitrogen and oxygen atoms in total. The maximum absolute atomic E-state index is 10.6. The number of carbonyl (C=O) groups is 1. The van der Waals surface area contributed by atoms with Crippen LogP contribution in [0.15, 0.2) is 5.38 Å². The predicted octanol–water partition coefficient (Wildman–Crippen LogP) is 1.49. The van der Waals surface area contributed by atoms with Crippen LogP contribution in [0.4, 0.5) is 0 Å². The van der Waals surface area contributed by atoms with Crippen molar-refractivity contribution < 1.29 is 9.53 Å². The van der Waals surface area contributed by atoms with Crippen LogP contribution >= 0.6 is 11.3 Å². The second-order valence-corrected chi connectivity index (χ2v) is 5.23. The second-order valence-electron chi connectivity index (χ2n) is 4.34. The summed E-state index contributed by atoms with van der Waals surface area (Å²) < 4.78 is 5.83. The number of rotatable bonds is 2. The van der Waals surface area contributed by atoms with Crippen molar-refractivity contribution in [1.29, 1.82) is 0 Å². The SMILES string of the molecule is O=Cc1csc(C2CN3CCCC3CO2)n1. The van der Waals surface area contributed by atoms with Crippen LogP contribution in [0, 0.1) is 0 Å². The summed E-state index contributed by atoms with van der Waals surface area (Å²) in [6.45, 7) is 2.91. The van der Waals surface area contributed by atoms with E-state index in [-0.39, 0.29) is 6.10 Å². The average molecular weight is 238 g/mol. The molecule has 2 fully saturated rings. The highest BCUT2D eigenvalue weighted by molar-refractivity contribution is 7.09. The van der Waals surface area contributed by atoms with Gasteiger partial charge in [-0.2, -0.15) is 0 Å². The highest BCUT2D eigenvalue weighted by atomic mass is 32.1. The van der Waals surface area contributed by atoms with Crippen molar-refractivity contribution in [3.8, 4) is 0 Å². The highest BCUT2D eigenvalue weighted by Crippen LogP contribution is 2.31. The average Bonchev–Trinajstić information content (AvgIpc) is 2.96. The summed E-state index contributed by atoms with van der Waals surface area (Å²) >= 11 is 1.52. The molecule has 0 bridgehead atoms. The first kappa shape index (κ1) is 10.4. The number of ether oxygens (including phenoxy) is 1. The molecule has 2 saturated heterocycles. The van der Waals surface area contributed by atoms with Crippen LogP contribution in [-0.2, 0) is 4.74 Å². The lowest BCUT2D eigenvalue weighted by Gasteiger charge is -2.34. The molecule has 3 rings (SSSR count). The van der Waals surface area contributed by atoms with Gasteiger partial charge >= 0.3 is 0 Å². The highest BCUT2D eigenvalue weighted by Gasteiger charge is 2.33. The zero-order valence-corrected chi connectivity index (χ0v) is 9.78. The van der Waals surface area contributed by atoms with Crippen molar-refractivity contribution in [3.63, 3.8) is 0 Å². The maximum Gasteiger partial charge on any atom is 0.169 e. The molecule has 0 amide bonds. The molecule has 2 aliphatic rings. The Kier molecular flexibility index (Phi) is 2.75. The summed E-state index contributed by atoms with van der Waals surface area (Å²) in [4.78, 5) is 17.3. The third kappa shape index (κ3) is 1.79. The molecular weight excluding hydrogens is 224 g/mol.